The van der Waals surface area contributed by atoms with Crippen LogP contribution in [0, 0.1) is 0 Å². The van der Waals surface area contributed by atoms with Crippen LogP contribution in [0.3, 0.4) is 0 Å². The maximum absolute atomic E-state index is 13.7. The first-order valence-corrected chi connectivity index (χ1v) is 10.2. The van der Waals surface area contributed by atoms with E-state index in [9.17, 15) is 18.0 Å². The van der Waals surface area contributed by atoms with Crippen molar-refractivity contribution in [3.8, 4) is 0 Å². The summed E-state index contributed by atoms with van der Waals surface area (Å²) in [6, 6.07) is 2.26. The minimum atomic E-state index is -4.49. The molecule has 2 aliphatic rings. The number of rotatable bonds is 3. The van der Waals surface area contributed by atoms with E-state index in [0.717, 1.165) is 43.2 Å². The Hall–Kier alpha value is -2.45. The average Bonchev–Trinajstić information content (AvgIpc) is 3.31. The third-order valence-corrected chi connectivity index (χ3v) is 5.75. The molecule has 1 amide bonds. The Morgan fingerprint density at radius 2 is 1.93 bits per heavy atom. The number of fused-ring (bicyclic) bond motifs is 1. The maximum atomic E-state index is 13.7. The van der Waals surface area contributed by atoms with Crippen molar-refractivity contribution in [3.05, 3.63) is 35.9 Å². The van der Waals surface area contributed by atoms with Gasteiger partial charge in [0.2, 0.25) is 0 Å². The Balaban J connectivity index is 1.54. The number of alkyl halides is 3. The van der Waals surface area contributed by atoms with Crippen LogP contribution in [0.5, 0.6) is 0 Å². The first kappa shape index (κ1) is 19.8. The second kappa shape index (κ2) is 8.12. The molecule has 2 aromatic heterocycles. The van der Waals surface area contributed by atoms with Crippen molar-refractivity contribution in [1.29, 1.82) is 0 Å². The van der Waals surface area contributed by atoms with Crippen molar-refractivity contribution >= 4 is 11.7 Å². The van der Waals surface area contributed by atoms with E-state index < -0.39 is 24.2 Å². The molecular formula is C20H25F3N4O2. The van der Waals surface area contributed by atoms with Gasteiger partial charge in [0.1, 0.15) is 11.6 Å². The SMILES string of the molecule is O=C(NC1CCCCCCC1)c1cc2n(n1)C(C(F)(F)F)CC(c1ccco1)N2. The van der Waals surface area contributed by atoms with E-state index in [1.807, 2.05) is 0 Å². The zero-order valence-electron chi connectivity index (χ0n) is 16.0. The summed E-state index contributed by atoms with van der Waals surface area (Å²) in [6.45, 7) is 0. The lowest BCUT2D eigenvalue weighted by molar-refractivity contribution is -0.174. The molecule has 0 spiro atoms. The van der Waals surface area contributed by atoms with Gasteiger partial charge in [-0.3, -0.25) is 4.79 Å². The van der Waals surface area contributed by atoms with E-state index in [4.69, 9.17) is 4.42 Å². The van der Waals surface area contributed by atoms with E-state index in [1.54, 1.807) is 12.1 Å². The highest BCUT2D eigenvalue weighted by Crippen LogP contribution is 2.43. The van der Waals surface area contributed by atoms with Crippen LogP contribution in [0.1, 0.15) is 79.7 Å². The topological polar surface area (TPSA) is 72.1 Å². The number of hydrogen-bond donors (Lipinski definition) is 2. The molecule has 2 aromatic rings. The van der Waals surface area contributed by atoms with E-state index >= 15 is 0 Å². The number of nitrogens with zero attached hydrogens (tertiary/aromatic N) is 2. The van der Waals surface area contributed by atoms with Crippen molar-refractivity contribution in [1.82, 2.24) is 15.1 Å². The minimum absolute atomic E-state index is 0.00362. The summed E-state index contributed by atoms with van der Waals surface area (Å²) < 4.78 is 47.2. The normalized spacial score (nSPS) is 23.6. The molecule has 2 atom stereocenters. The molecule has 6 nitrogen and oxygen atoms in total. The van der Waals surface area contributed by atoms with Crippen LogP contribution in [0.4, 0.5) is 19.0 Å². The largest absolute Gasteiger partial charge is 0.467 e. The molecule has 1 aliphatic carbocycles. The molecule has 0 radical (unpaired) electrons. The van der Waals surface area contributed by atoms with Gasteiger partial charge in [0, 0.05) is 18.5 Å². The molecule has 0 saturated heterocycles. The van der Waals surface area contributed by atoms with Crippen LogP contribution in [-0.4, -0.2) is 27.9 Å². The summed E-state index contributed by atoms with van der Waals surface area (Å²) in [6.07, 6.45) is 4.09. The van der Waals surface area contributed by atoms with Gasteiger partial charge >= 0.3 is 6.18 Å². The molecule has 1 fully saturated rings. The fourth-order valence-corrected chi connectivity index (χ4v) is 4.22. The van der Waals surface area contributed by atoms with Crippen LogP contribution in [0.25, 0.3) is 0 Å². The molecule has 29 heavy (non-hydrogen) atoms. The lowest BCUT2D eigenvalue weighted by atomic mass is 9.96. The smallest absolute Gasteiger partial charge is 0.410 e. The number of halogens is 3. The van der Waals surface area contributed by atoms with Gasteiger partial charge in [-0.1, -0.05) is 32.1 Å². The highest BCUT2D eigenvalue weighted by molar-refractivity contribution is 5.93. The number of amides is 1. The molecular weight excluding hydrogens is 385 g/mol. The monoisotopic (exact) mass is 410 g/mol. The van der Waals surface area contributed by atoms with Gasteiger partial charge in [0.25, 0.3) is 5.91 Å². The molecule has 0 bridgehead atoms. The lowest BCUT2D eigenvalue weighted by Crippen LogP contribution is -2.36. The van der Waals surface area contributed by atoms with Crippen molar-refractivity contribution in [2.75, 3.05) is 5.32 Å². The summed E-state index contributed by atoms with van der Waals surface area (Å²) in [5.41, 5.74) is 0.00362. The number of furan rings is 1. The number of hydrogen-bond acceptors (Lipinski definition) is 4. The van der Waals surface area contributed by atoms with E-state index in [2.05, 4.69) is 15.7 Å². The first-order valence-electron chi connectivity index (χ1n) is 10.2. The van der Waals surface area contributed by atoms with Gasteiger partial charge in [0.15, 0.2) is 11.7 Å². The zero-order chi connectivity index (χ0) is 20.4. The fourth-order valence-electron chi connectivity index (χ4n) is 4.22. The Kier molecular flexibility index (Phi) is 5.56. The molecule has 1 aliphatic heterocycles. The summed E-state index contributed by atoms with van der Waals surface area (Å²) in [5.74, 6) is 0.171. The third-order valence-electron chi connectivity index (χ3n) is 5.75. The standard InChI is InChI=1S/C20H25F3N4O2/c21-20(22,23)17-11-14(16-9-6-10-29-16)25-18-12-15(26-27(17)18)19(28)24-13-7-4-2-1-3-5-8-13/h6,9-10,12-14,17,25H,1-5,7-8,11H2,(H,24,28). The van der Waals surface area contributed by atoms with Gasteiger partial charge in [0.05, 0.1) is 12.3 Å². The van der Waals surface area contributed by atoms with Crippen molar-refractivity contribution < 1.29 is 22.4 Å². The number of aromatic nitrogens is 2. The summed E-state index contributed by atoms with van der Waals surface area (Å²) in [4.78, 5) is 12.7. The molecule has 2 N–H and O–H groups in total. The van der Waals surface area contributed by atoms with Gasteiger partial charge in [-0.05, 0) is 25.0 Å². The Labute approximate surface area is 166 Å². The first-order chi connectivity index (χ1) is 13.9. The van der Waals surface area contributed by atoms with Gasteiger partial charge < -0.3 is 15.1 Å². The molecule has 0 aromatic carbocycles. The maximum Gasteiger partial charge on any atom is 0.410 e. The number of carbonyl (C=O) groups is 1. The summed E-state index contributed by atoms with van der Waals surface area (Å²) in [7, 11) is 0. The quantitative estimate of drug-likeness (QED) is 0.749. The zero-order valence-corrected chi connectivity index (χ0v) is 16.0. The van der Waals surface area contributed by atoms with Crippen LogP contribution in [0.15, 0.2) is 28.9 Å². The van der Waals surface area contributed by atoms with Gasteiger partial charge in [-0.15, -0.1) is 0 Å². The predicted octanol–water partition coefficient (Wildman–Crippen LogP) is 4.98. The molecule has 4 rings (SSSR count). The third kappa shape index (κ3) is 4.43. The van der Waals surface area contributed by atoms with Crippen LogP contribution in [0.2, 0.25) is 0 Å². The molecule has 1 saturated carbocycles. The Morgan fingerprint density at radius 1 is 1.21 bits per heavy atom. The van der Waals surface area contributed by atoms with Crippen LogP contribution >= 0.6 is 0 Å². The van der Waals surface area contributed by atoms with E-state index in [0.29, 0.717) is 5.76 Å². The van der Waals surface area contributed by atoms with Gasteiger partial charge in [-0.25, -0.2) is 4.68 Å². The second-order valence-electron chi connectivity index (χ2n) is 7.88. The molecule has 9 heteroatoms. The number of nitrogens with one attached hydrogen (secondary N) is 2. The van der Waals surface area contributed by atoms with E-state index in [-0.39, 0.29) is 24.0 Å². The summed E-state index contributed by atoms with van der Waals surface area (Å²) >= 11 is 0. The number of anilines is 1. The van der Waals surface area contributed by atoms with Crippen molar-refractivity contribution in [2.24, 2.45) is 0 Å². The van der Waals surface area contributed by atoms with Crippen molar-refractivity contribution in [2.45, 2.75) is 75.7 Å². The average molecular weight is 410 g/mol. The fraction of sp³-hybridized carbons (Fsp3) is 0.600. The molecule has 2 unspecified atom stereocenters. The summed E-state index contributed by atoms with van der Waals surface area (Å²) in [5, 5.41) is 10.0. The predicted molar refractivity (Wildman–Crippen MR) is 101 cm³/mol. The van der Waals surface area contributed by atoms with E-state index in [1.165, 1.54) is 18.8 Å². The van der Waals surface area contributed by atoms with Crippen LogP contribution < -0.4 is 10.6 Å². The second-order valence-corrected chi connectivity index (χ2v) is 7.88. The van der Waals surface area contributed by atoms with Crippen molar-refractivity contribution in [3.63, 3.8) is 0 Å². The molecule has 158 valence electrons. The van der Waals surface area contributed by atoms with Crippen LogP contribution in [-0.2, 0) is 0 Å². The lowest BCUT2D eigenvalue weighted by Gasteiger charge is -2.32. The minimum Gasteiger partial charge on any atom is -0.467 e. The Morgan fingerprint density at radius 3 is 2.59 bits per heavy atom. The molecule has 3 heterocycles. The highest BCUT2D eigenvalue weighted by Gasteiger charge is 2.47. The Bertz CT molecular complexity index is 823. The number of carbonyl (C=O) groups excluding carboxylic acids is 1. The van der Waals surface area contributed by atoms with Gasteiger partial charge in [-0.2, -0.15) is 18.3 Å². The highest BCUT2D eigenvalue weighted by atomic mass is 19.4.